The van der Waals surface area contributed by atoms with Crippen molar-refractivity contribution >= 4 is 11.9 Å². The van der Waals surface area contributed by atoms with Crippen molar-refractivity contribution in [2.75, 3.05) is 7.05 Å². The van der Waals surface area contributed by atoms with Crippen molar-refractivity contribution in [2.45, 2.75) is 60.1 Å². The van der Waals surface area contributed by atoms with Gasteiger partial charge in [-0.3, -0.25) is 4.79 Å². The number of carbonyl (C=O) groups excluding carboxylic acids is 2. The van der Waals surface area contributed by atoms with Crippen LogP contribution >= 0.6 is 0 Å². The number of benzene rings is 2. The van der Waals surface area contributed by atoms with E-state index in [0.717, 1.165) is 0 Å². The Labute approximate surface area is 181 Å². The van der Waals surface area contributed by atoms with Gasteiger partial charge in [0.1, 0.15) is 6.10 Å². The second-order valence-corrected chi connectivity index (χ2v) is 10.0. The van der Waals surface area contributed by atoms with Crippen molar-refractivity contribution in [2.24, 2.45) is 10.8 Å². The predicted molar refractivity (Wildman–Crippen MR) is 121 cm³/mol. The third kappa shape index (κ3) is 6.19. The van der Waals surface area contributed by atoms with Crippen LogP contribution in [-0.2, 0) is 4.74 Å². The summed E-state index contributed by atoms with van der Waals surface area (Å²) in [6.07, 6.45) is 0.209. The van der Waals surface area contributed by atoms with E-state index in [9.17, 15) is 9.59 Å². The van der Waals surface area contributed by atoms with Crippen molar-refractivity contribution in [3.05, 3.63) is 71.8 Å². The molecule has 2 atom stereocenters. The molecule has 0 fully saturated rings. The quantitative estimate of drug-likeness (QED) is 0.564. The summed E-state index contributed by atoms with van der Waals surface area (Å²) in [7, 11) is 1.84. The highest BCUT2D eigenvalue weighted by atomic mass is 16.5. The Kier molecular flexibility index (Phi) is 7.46. The standard InChI is InChI=1S/C26H35NO3/c1-25(2,3)21(27(7)23(28)19-14-10-8-11-15-19)18-22(26(4,5)6)30-24(29)20-16-12-9-13-17-20/h8-17,21-22H,18H2,1-7H3. The molecule has 4 heteroatoms. The van der Waals surface area contributed by atoms with Crippen LogP contribution in [0, 0.1) is 10.8 Å². The third-order valence-corrected chi connectivity index (χ3v) is 5.47. The van der Waals surface area contributed by atoms with E-state index in [0.29, 0.717) is 17.5 Å². The van der Waals surface area contributed by atoms with Gasteiger partial charge in [0.25, 0.3) is 5.91 Å². The monoisotopic (exact) mass is 409 g/mol. The van der Waals surface area contributed by atoms with Gasteiger partial charge in [0.05, 0.1) is 5.56 Å². The SMILES string of the molecule is CN(C(=O)c1ccccc1)C(CC(OC(=O)c1ccccc1)C(C)(C)C)C(C)(C)C. The van der Waals surface area contributed by atoms with E-state index in [2.05, 4.69) is 41.5 Å². The van der Waals surface area contributed by atoms with Crippen LogP contribution < -0.4 is 0 Å². The molecular weight excluding hydrogens is 374 g/mol. The summed E-state index contributed by atoms with van der Waals surface area (Å²) in [5.74, 6) is -0.363. The molecule has 0 saturated carbocycles. The minimum Gasteiger partial charge on any atom is -0.458 e. The summed E-state index contributed by atoms with van der Waals surface area (Å²) in [5.41, 5.74) is 0.725. The fourth-order valence-electron chi connectivity index (χ4n) is 3.57. The number of hydrogen-bond donors (Lipinski definition) is 0. The molecule has 2 aromatic rings. The third-order valence-electron chi connectivity index (χ3n) is 5.47. The largest absolute Gasteiger partial charge is 0.458 e. The van der Waals surface area contributed by atoms with Crippen molar-refractivity contribution < 1.29 is 14.3 Å². The molecule has 0 radical (unpaired) electrons. The summed E-state index contributed by atoms with van der Waals surface area (Å²) in [4.78, 5) is 27.7. The van der Waals surface area contributed by atoms with Crippen molar-refractivity contribution in [1.29, 1.82) is 0 Å². The van der Waals surface area contributed by atoms with Gasteiger partial charge in [-0.1, -0.05) is 77.9 Å². The minimum atomic E-state index is -0.347. The van der Waals surface area contributed by atoms with Crippen molar-refractivity contribution in [3.8, 4) is 0 Å². The van der Waals surface area contributed by atoms with E-state index in [1.807, 2.05) is 55.6 Å². The number of rotatable bonds is 6. The topological polar surface area (TPSA) is 46.6 Å². The van der Waals surface area contributed by atoms with Crippen LogP contribution in [0.1, 0.15) is 68.7 Å². The minimum absolute atomic E-state index is 0.0300. The Morgan fingerprint density at radius 2 is 1.27 bits per heavy atom. The van der Waals surface area contributed by atoms with E-state index in [1.54, 1.807) is 17.0 Å². The molecule has 2 aromatic carbocycles. The Morgan fingerprint density at radius 1 is 0.800 bits per heavy atom. The Hall–Kier alpha value is -2.62. The first kappa shape index (κ1) is 23.7. The highest BCUT2D eigenvalue weighted by molar-refractivity contribution is 5.94. The van der Waals surface area contributed by atoms with Crippen LogP contribution in [0.3, 0.4) is 0 Å². The molecule has 0 bridgehead atoms. The molecule has 0 spiro atoms. The fourth-order valence-corrected chi connectivity index (χ4v) is 3.57. The number of nitrogens with zero attached hydrogens (tertiary/aromatic N) is 1. The lowest BCUT2D eigenvalue weighted by Crippen LogP contribution is -2.49. The van der Waals surface area contributed by atoms with E-state index in [-0.39, 0.29) is 34.9 Å². The molecule has 30 heavy (non-hydrogen) atoms. The number of carbonyl (C=O) groups is 2. The molecule has 0 aliphatic rings. The van der Waals surface area contributed by atoms with Crippen LogP contribution in [0.2, 0.25) is 0 Å². The smallest absolute Gasteiger partial charge is 0.338 e. The molecule has 2 unspecified atom stereocenters. The Morgan fingerprint density at radius 3 is 1.70 bits per heavy atom. The molecule has 0 aliphatic heterocycles. The molecule has 2 rings (SSSR count). The van der Waals surface area contributed by atoms with Gasteiger partial charge in [0.15, 0.2) is 0 Å². The first-order chi connectivity index (χ1) is 13.9. The summed E-state index contributed by atoms with van der Waals surface area (Å²) >= 11 is 0. The van der Waals surface area contributed by atoms with E-state index in [1.165, 1.54) is 0 Å². The van der Waals surface area contributed by atoms with E-state index >= 15 is 0 Å². The maximum Gasteiger partial charge on any atom is 0.338 e. The lowest BCUT2D eigenvalue weighted by Gasteiger charge is -2.42. The van der Waals surface area contributed by atoms with Crippen molar-refractivity contribution in [1.82, 2.24) is 4.90 Å². The van der Waals surface area contributed by atoms with Crippen molar-refractivity contribution in [3.63, 3.8) is 0 Å². The van der Waals surface area contributed by atoms with E-state index in [4.69, 9.17) is 4.74 Å². The molecule has 0 N–H and O–H groups in total. The van der Waals surface area contributed by atoms with Gasteiger partial charge < -0.3 is 9.64 Å². The summed E-state index contributed by atoms with van der Waals surface area (Å²) in [6, 6.07) is 18.2. The number of hydrogen-bond acceptors (Lipinski definition) is 3. The maximum absolute atomic E-state index is 13.1. The van der Waals surface area contributed by atoms with Gasteiger partial charge >= 0.3 is 5.97 Å². The number of amides is 1. The fraction of sp³-hybridized carbons (Fsp3) is 0.462. The molecule has 0 aliphatic carbocycles. The molecule has 162 valence electrons. The second-order valence-electron chi connectivity index (χ2n) is 10.0. The first-order valence-electron chi connectivity index (χ1n) is 10.5. The maximum atomic E-state index is 13.1. The van der Waals surface area contributed by atoms with Crippen LogP contribution in [0.15, 0.2) is 60.7 Å². The van der Waals surface area contributed by atoms with Crippen LogP contribution in [0.4, 0.5) is 0 Å². The second kappa shape index (κ2) is 9.46. The summed E-state index contributed by atoms with van der Waals surface area (Å²) in [6.45, 7) is 12.5. The average molecular weight is 410 g/mol. The zero-order valence-electron chi connectivity index (χ0n) is 19.3. The highest BCUT2D eigenvalue weighted by Crippen LogP contribution is 2.35. The number of esters is 1. The Bertz CT molecular complexity index is 832. The molecule has 0 saturated heterocycles. The van der Waals surface area contributed by atoms with Gasteiger partial charge in [-0.15, -0.1) is 0 Å². The van der Waals surface area contributed by atoms with Gasteiger partial charge in [-0.25, -0.2) is 4.79 Å². The first-order valence-corrected chi connectivity index (χ1v) is 10.5. The zero-order chi connectivity index (χ0) is 22.5. The van der Waals surface area contributed by atoms with Crippen LogP contribution in [-0.4, -0.2) is 36.0 Å². The molecule has 0 heterocycles. The summed E-state index contributed by atoms with van der Waals surface area (Å²) in [5, 5.41) is 0. The number of ether oxygens (including phenoxy) is 1. The normalized spacial score (nSPS) is 14.0. The van der Waals surface area contributed by atoms with Gasteiger partial charge in [-0.05, 0) is 35.1 Å². The molecule has 4 nitrogen and oxygen atoms in total. The lowest BCUT2D eigenvalue weighted by atomic mass is 9.77. The molecule has 1 amide bonds. The van der Waals surface area contributed by atoms with Gasteiger partial charge in [0.2, 0.25) is 0 Å². The molecular formula is C26H35NO3. The van der Waals surface area contributed by atoms with Crippen LogP contribution in [0.25, 0.3) is 0 Å². The van der Waals surface area contributed by atoms with E-state index < -0.39 is 0 Å². The van der Waals surface area contributed by atoms with Crippen LogP contribution in [0.5, 0.6) is 0 Å². The van der Waals surface area contributed by atoms with Gasteiger partial charge in [-0.2, -0.15) is 0 Å². The predicted octanol–water partition coefficient (Wildman–Crippen LogP) is 5.84. The summed E-state index contributed by atoms with van der Waals surface area (Å²) < 4.78 is 5.99. The average Bonchev–Trinajstić information content (AvgIpc) is 2.69. The Balaban J connectivity index is 2.28. The lowest BCUT2D eigenvalue weighted by molar-refractivity contribution is -0.0251. The zero-order valence-corrected chi connectivity index (χ0v) is 19.3. The van der Waals surface area contributed by atoms with Gasteiger partial charge in [0, 0.05) is 25.1 Å². The highest BCUT2D eigenvalue weighted by Gasteiger charge is 2.38. The molecule has 0 aromatic heterocycles.